The van der Waals surface area contributed by atoms with Gasteiger partial charge in [0, 0.05) is 16.8 Å². The Morgan fingerprint density at radius 1 is 0.909 bits per heavy atom. The summed E-state index contributed by atoms with van der Waals surface area (Å²) in [6, 6.07) is 17.9. The number of benzene rings is 3. The number of fused-ring (bicyclic) bond motifs is 1. The van der Waals surface area contributed by atoms with Crippen LogP contribution in [0.5, 0.6) is 11.5 Å². The largest absolute Gasteiger partial charge is 0.507 e. The first-order valence-corrected chi connectivity index (χ1v) is 10.6. The molecule has 0 aromatic heterocycles. The second-order valence-electron chi connectivity index (χ2n) is 7.68. The van der Waals surface area contributed by atoms with E-state index in [1.807, 2.05) is 36.4 Å². The van der Waals surface area contributed by atoms with E-state index in [4.69, 9.17) is 0 Å². The number of phenols is 2. The van der Waals surface area contributed by atoms with Crippen molar-refractivity contribution in [3.63, 3.8) is 0 Å². The number of nitrogens with one attached hydrogen (secondary N) is 1. The van der Waals surface area contributed by atoms with Crippen LogP contribution in [0, 0.1) is 0 Å². The summed E-state index contributed by atoms with van der Waals surface area (Å²) < 4.78 is 0. The second-order valence-corrected chi connectivity index (χ2v) is 7.68. The minimum absolute atomic E-state index is 0.0816. The number of hydrogen-bond donors (Lipinski definition) is 3. The number of phenolic OH excluding ortho intramolecular Hbond substituents is 2. The van der Waals surface area contributed by atoms with E-state index < -0.39 is 6.17 Å². The van der Waals surface area contributed by atoms with Gasteiger partial charge in [0.15, 0.2) is 6.17 Å². The molecule has 1 amide bonds. The molecule has 1 aliphatic rings. The highest BCUT2D eigenvalue weighted by Gasteiger charge is 2.34. The first-order valence-electron chi connectivity index (χ1n) is 10.6. The molecule has 1 heterocycles. The molecule has 1 aliphatic heterocycles. The predicted octanol–water partition coefficient (Wildman–Crippen LogP) is 5.16. The Morgan fingerprint density at radius 2 is 1.58 bits per heavy atom. The van der Waals surface area contributed by atoms with Crippen LogP contribution in [0.15, 0.2) is 91.1 Å². The summed E-state index contributed by atoms with van der Waals surface area (Å²) >= 11 is 0. The molecule has 0 aliphatic carbocycles. The Hall–Kier alpha value is -4.32. The molecule has 0 bridgehead atoms. The van der Waals surface area contributed by atoms with Crippen LogP contribution in [-0.2, 0) is 12.8 Å². The number of carbonyl (C=O) groups is 1. The van der Waals surface area contributed by atoms with Crippen molar-refractivity contribution in [3.8, 4) is 11.5 Å². The lowest BCUT2D eigenvalue weighted by Gasteiger charge is -2.35. The third kappa shape index (κ3) is 4.23. The Kier molecular flexibility index (Phi) is 6.26. The van der Waals surface area contributed by atoms with Gasteiger partial charge in [-0.3, -0.25) is 4.79 Å². The van der Waals surface area contributed by atoms with Gasteiger partial charge in [-0.15, -0.1) is 13.2 Å². The third-order valence-electron chi connectivity index (χ3n) is 5.55. The van der Waals surface area contributed by atoms with Gasteiger partial charge in [0.25, 0.3) is 5.91 Å². The van der Waals surface area contributed by atoms with Crippen molar-refractivity contribution in [2.75, 3.05) is 5.32 Å². The minimum atomic E-state index is -0.744. The minimum Gasteiger partial charge on any atom is -0.507 e. The molecule has 33 heavy (non-hydrogen) atoms. The standard InChI is InChI=1S/C27H25N3O3/c1-3-9-18-11-7-13-20(24(18)31)17-28-30-26(22-15-8-12-19(10-4-2)25(22)32)29-23-16-6-5-14-21(23)27(30)33/h3-8,11-17,26,29,31-32H,1-2,9-10H2/b28-17+. The molecule has 3 aromatic carbocycles. The maximum atomic E-state index is 13.4. The summed E-state index contributed by atoms with van der Waals surface area (Å²) in [6.45, 7) is 7.46. The molecular formula is C27H25N3O3. The smallest absolute Gasteiger partial charge is 0.278 e. The van der Waals surface area contributed by atoms with Crippen molar-refractivity contribution < 1.29 is 15.0 Å². The lowest BCUT2D eigenvalue weighted by atomic mass is 10.0. The van der Waals surface area contributed by atoms with Crippen LogP contribution >= 0.6 is 0 Å². The molecule has 0 fully saturated rings. The van der Waals surface area contributed by atoms with Crippen LogP contribution < -0.4 is 5.32 Å². The van der Waals surface area contributed by atoms with Gasteiger partial charge in [0.1, 0.15) is 11.5 Å². The highest BCUT2D eigenvalue weighted by molar-refractivity contribution is 6.02. The van der Waals surface area contributed by atoms with Crippen LogP contribution in [0.1, 0.15) is 38.8 Å². The summed E-state index contributed by atoms with van der Waals surface area (Å²) in [5.74, 6) is -0.148. The van der Waals surface area contributed by atoms with Crippen molar-refractivity contribution in [2.45, 2.75) is 19.0 Å². The molecule has 166 valence electrons. The van der Waals surface area contributed by atoms with E-state index in [1.54, 1.807) is 36.4 Å². The molecule has 3 N–H and O–H groups in total. The van der Waals surface area contributed by atoms with E-state index in [1.165, 1.54) is 11.2 Å². The van der Waals surface area contributed by atoms with Crippen molar-refractivity contribution in [2.24, 2.45) is 5.10 Å². The van der Waals surface area contributed by atoms with E-state index >= 15 is 0 Å². The molecule has 0 spiro atoms. The van der Waals surface area contributed by atoms with E-state index in [0.717, 1.165) is 0 Å². The lowest BCUT2D eigenvalue weighted by molar-refractivity contribution is 0.0689. The SMILES string of the molecule is C=CCc1cccc(/C=N/N2C(=O)c3ccccc3NC2c2cccc(CC=C)c2O)c1O. The number of carbonyl (C=O) groups excluding carboxylic acids is 1. The van der Waals surface area contributed by atoms with Crippen molar-refractivity contribution >= 4 is 17.8 Å². The summed E-state index contributed by atoms with van der Waals surface area (Å²) in [6.07, 6.45) is 5.13. The second kappa shape index (κ2) is 9.44. The van der Waals surface area contributed by atoms with Gasteiger partial charge in [-0.1, -0.05) is 54.6 Å². The van der Waals surface area contributed by atoms with Crippen LogP contribution in [0.4, 0.5) is 5.69 Å². The Labute approximate surface area is 192 Å². The molecule has 0 saturated heterocycles. The van der Waals surface area contributed by atoms with Crippen molar-refractivity contribution in [1.29, 1.82) is 0 Å². The van der Waals surface area contributed by atoms with Gasteiger partial charge in [-0.25, -0.2) is 5.01 Å². The number of rotatable bonds is 7. The van der Waals surface area contributed by atoms with E-state index in [-0.39, 0.29) is 17.4 Å². The molecule has 1 unspecified atom stereocenters. The molecule has 0 radical (unpaired) electrons. The summed E-state index contributed by atoms with van der Waals surface area (Å²) in [5.41, 5.74) is 3.53. The molecule has 6 heteroatoms. The van der Waals surface area contributed by atoms with Crippen molar-refractivity contribution in [3.05, 3.63) is 114 Å². The number of allylic oxidation sites excluding steroid dienone is 2. The number of aromatic hydroxyl groups is 2. The Balaban J connectivity index is 1.79. The molecular weight excluding hydrogens is 414 g/mol. The van der Waals surface area contributed by atoms with Gasteiger partial charge in [0.05, 0.1) is 11.8 Å². The van der Waals surface area contributed by atoms with Crippen LogP contribution in [0.3, 0.4) is 0 Å². The van der Waals surface area contributed by atoms with Crippen LogP contribution in [0.25, 0.3) is 0 Å². The van der Waals surface area contributed by atoms with E-state index in [2.05, 4.69) is 23.6 Å². The van der Waals surface area contributed by atoms with Crippen molar-refractivity contribution in [1.82, 2.24) is 5.01 Å². The molecule has 1 atom stereocenters. The predicted molar refractivity (Wildman–Crippen MR) is 131 cm³/mol. The highest BCUT2D eigenvalue weighted by atomic mass is 16.3. The summed E-state index contributed by atoms with van der Waals surface area (Å²) in [7, 11) is 0. The van der Waals surface area contributed by atoms with E-state index in [9.17, 15) is 15.0 Å². The van der Waals surface area contributed by atoms with Gasteiger partial charge in [-0.2, -0.15) is 5.10 Å². The van der Waals surface area contributed by atoms with Gasteiger partial charge in [0.2, 0.25) is 0 Å². The average molecular weight is 440 g/mol. The number of para-hydroxylation sites is 3. The molecule has 3 aromatic rings. The maximum Gasteiger partial charge on any atom is 0.278 e. The quantitative estimate of drug-likeness (QED) is 0.351. The van der Waals surface area contributed by atoms with Gasteiger partial charge < -0.3 is 15.5 Å². The lowest BCUT2D eigenvalue weighted by Crippen LogP contribution is -2.39. The zero-order valence-electron chi connectivity index (χ0n) is 18.1. The zero-order chi connectivity index (χ0) is 23.4. The molecule has 4 rings (SSSR count). The fourth-order valence-corrected chi connectivity index (χ4v) is 3.89. The summed E-state index contributed by atoms with van der Waals surface area (Å²) in [5, 5.41) is 30.6. The molecule has 6 nitrogen and oxygen atoms in total. The first-order chi connectivity index (χ1) is 16.0. The number of anilines is 1. The number of hydrazone groups is 1. The maximum absolute atomic E-state index is 13.4. The van der Waals surface area contributed by atoms with Crippen LogP contribution in [-0.4, -0.2) is 27.3 Å². The topological polar surface area (TPSA) is 85.2 Å². The van der Waals surface area contributed by atoms with Gasteiger partial charge in [-0.05, 0) is 42.2 Å². The van der Waals surface area contributed by atoms with E-state index in [0.29, 0.717) is 46.3 Å². The molecule has 0 saturated carbocycles. The fraction of sp³-hybridized carbons (Fsp3) is 0.111. The Bertz CT molecular complexity index is 1250. The van der Waals surface area contributed by atoms with Crippen LogP contribution in [0.2, 0.25) is 0 Å². The Morgan fingerprint density at radius 3 is 2.30 bits per heavy atom. The third-order valence-corrected chi connectivity index (χ3v) is 5.55. The number of nitrogens with zero attached hydrogens (tertiary/aromatic N) is 2. The highest BCUT2D eigenvalue weighted by Crippen LogP contribution is 2.38. The monoisotopic (exact) mass is 439 g/mol. The normalized spacial score (nSPS) is 15.2. The first kappa shape index (κ1) is 21.9. The van der Waals surface area contributed by atoms with Gasteiger partial charge >= 0.3 is 0 Å². The average Bonchev–Trinajstić information content (AvgIpc) is 2.82. The number of amides is 1. The zero-order valence-corrected chi connectivity index (χ0v) is 18.1. The summed E-state index contributed by atoms with van der Waals surface area (Å²) in [4.78, 5) is 13.4. The fourth-order valence-electron chi connectivity index (χ4n) is 3.89. The number of hydrogen-bond acceptors (Lipinski definition) is 5.